The number of amides is 2. The fourth-order valence-electron chi connectivity index (χ4n) is 4.20. The van der Waals surface area contributed by atoms with Crippen molar-refractivity contribution in [1.29, 1.82) is 0 Å². The Bertz CT molecular complexity index is 1480. The molecule has 0 aliphatic carbocycles. The molecule has 1 aromatic heterocycles. The summed E-state index contributed by atoms with van der Waals surface area (Å²) in [6, 6.07) is 18.2. The number of hydrogen-bond acceptors (Lipinski definition) is 3. The molecular weight excluding hydrogens is 483 g/mol. The molecule has 0 bridgehead atoms. The monoisotopic (exact) mass is 496 g/mol. The van der Waals surface area contributed by atoms with Crippen molar-refractivity contribution < 1.29 is 14.4 Å². The van der Waals surface area contributed by atoms with Crippen LogP contribution in [0.4, 0.5) is 0 Å². The zero-order valence-corrected chi connectivity index (χ0v) is 19.3. The van der Waals surface area contributed by atoms with E-state index in [0.29, 0.717) is 27.9 Å². The van der Waals surface area contributed by atoms with Gasteiger partial charge in [-0.3, -0.25) is 23.9 Å². The number of halogens is 3. The lowest BCUT2D eigenvalue weighted by atomic mass is 10.0. The number of aromatic nitrogens is 1. The molecule has 5 nitrogen and oxygen atoms in total. The van der Waals surface area contributed by atoms with Crippen LogP contribution in [0.1, 0.15) is 36.8 Å². The summed E-state index contributed by atoms with van der Waals surface area (Å²) in [5, 5.41) is 1.69. The fraction of sp³-hybridized carbons (Fsp3) is 0.0800. The summed E-state index contributed by atoms with van der Waals surface area (Å²) in [5.74, 6) is -1.56. The molecule has 0 spiro atoms. The van der Waals surface area contributed by atoms with Crippen molar-refractivity contribution in [1.82, 2.24) is 9.47 Å². The van der Waals surface area contributed by atoms with Crippen LogP contribution in [0, 0.1) is 0 Å². The first kappa shape index (κ1) is 21.7. The number of rotatable bonds is 2. The highest BCUT2D eigenvalue weighted by Crippen LogP contribution is 2.34. The molecule has 0 saturated carbocycles. The van der Waals surface area contributed by atoms with Gasteiger partial charge in [-0.2, -0.15) is 0 Å². The van der Waals surface area contributed by atoms with Gasteiger partial charge in [-0.05, 0) is 54.4 Å². The Hall–Kier alpha value is -3.12. The lowest BCUT2D eigenvalue weighted by Crippen LogP contribution is -2.43. The maximum absolute atomic E-state index is 13.7. The molecule has 2 amide bonds. The highest BCUT2D eigenvalue weighted by molar-refractivity contribution is 6.35. The quantitative estimate of drug-likeness (QED) is 0.313. The van der Waals surface area contributed by atoms with Crippen LogP contribution in [0.5, 0.6) is 0 Å². The minimum atomic E-state index is -0.575. The van der Waals surface area contributed by atoms with E-state index in [1.54, 1.807) is 66.7 Å². The lowest BCUT2D eigenvalue weighted by Gasteiger charge is -2.26. The Morgan fingerprint density at radius 1 is 0.788 bits per heavy atom. The van der Waals surface area contributed by atoms with E-state index in [4.69, 9.17) is 34.8 Å². The SMILES string of the molecule is O=C(c1ccccc1Cl)N1CCc2c(n(C(=O)c3ccccc3Cl)c3ccc(Cl)cc23)C1=O. The molecule has 3 aromatic carbocycles. The van der Waals surface area contributed by atoms with Crippen LogP contribution in [-0.2, 0) is 6.42 Å². The maximum atomic E-state index is 13.7. The largest absolute Gasteiger partial charge is 0.278 e. The van der Waals surface area contributed by atoms with Gasteiger partial charge in [0, 0.05) is 17.0 Å². The van der Waals surface area contributed by atoms with Gasteiger partial charge in [0.1, 0.15) is 5.69 Å². The average molecular weight is 498 g/mol. The highest BCUT2D eigenvalue weighted by Gasteiger charge is 2.37. The summed E-state index contributed by atoms with van der Waals surface area (Å²) < 4.78 is 1.33. The Labute approximate surface area is 204 Å². The summed E-state index contributed by atoms with van der Waals surface area (Å²) in [6.45, 7) is 0.155. The third-order valence-corrected chi connectivity index (χ3v) is 6.62. The van der Waals surface area contributed by atoms with Crippen LogP contribution in [0.2, 0.25) is 15.1 Å². The first-order chi connectivity index (χ1) is 15.9. The Morgan fingerprint density at radius 2 is 1.39 bits per heavy atom. The van der Waals surface area contributed by atoms with Crippen molar-refractivity contribution in [3.63, 3.8) is 0 Å². The molecule has 1 aliphatic rings. The number of carbonyl (C=O) groups excluding carboxylic acids is 3. The van der Waals surface area contributed by atoms with Crippen LogP contribution >= 0.6 is 34.8 Å². The van der Waals surface area contributed by atoms with Crippen molar-refractivity contribution >= 4 is 63.4 Å². The third-order valence-electron chi connectivity index (χ3n) is 5.72. The van der Waals surface area contributed by atoms with Crippen LogP contribution in [-0.4, -0.2) is 33.7 Å². The fourth-order valence-corrected chi connectivity index (χ4v) is 4.80. The van der Waals surface area contributed by atoms with Gasteiger partial charge in [0.15, 0.2) is 0 Å². The minimum Gasteiger partial charge on any atom is -0.273 e. The van der Waals surface area contributed by atoms with E-state index in [1.165, 1.54) is 4.57 Å². The molecule has 164 valence electrons. The van der Waals surface area contributed by atoms with Gasteiger partial charge in [0.2, 0.25) is 0 Å². The van der Waals surface area contributed by atoms with E-state index in [1.807, 2.05) is 0 Å². The number of fused-ring (bicyclic) bond motifs is 3. The first-order valence-electron chi connectivity index (χ1n) is 10.1. The predicted octanol–water partition coefficient (Wildman–Crippen LogP) is 6.13. The topological polar surface area (TPSA) is 59.4 Å². The van der Waals surface area contributed by atoms with Crippen LogP contribution in [0.25, 0.3) is 10.9 Å². The van der Waals surface area contributed by atoms with Gasteiger partial charge < -0.3 is 0 Å². The Balaban J connectivity index is 1.70. The summed E-state index contributed by atoms with van der Waals surface area (Å²) >= 11 is 18.7. The van der Waals surface area contributed by atoms with E-state index in [-0.39, 0.29) is 33.4 Å². The molecule has 5 rings (SSSR count). The summed E-state index contributed by atoms with van der Waals surface area (Å²) in [6.07, 6.45) is 0.372. The van der Waals surface area contributed by atoms with Crippen molar-refractivity contribution in [2.24, 2.45) is 0 Å². The number of hydrogen-bond donors (Lipinski definition) is 0. The summed E-state index contributed by atoms with van der Waals surface area (Å²) in [5.41, 5.74) is 1.79. The average Bonchev–Trinajstić information content (AvgIpc) is 3.13. The van der Waals surface area contributed by atoms with Crippen molar-refractivity contribution in [2.45, 2.75) is 6.42 Å². The third kappa shape index (κ3) is 3.53. The molecule has 0 radical (unpaired) electrons. The van der Waals surface area contributed by atoms with Crippen molar-refractivity contribution in [3.05, 3.63) is 104 Å². The van der Waals surface area contributed by atoms with Crippen LogP contribution in [0.15, 0.2) is 66.7 Å². The standard InChI is InChI=1S/C25H15Cl3N2O3/c26-14-9-10-21-18(13-14)15-11-12-29(23(31)16-5-1-3-7-19(16)27)25(33)22(15)30(21)24(32)17-6-2-4-8-20(17)28/h1-10,13H,11-12H2. The smallest absolute Gasteiger partial charge is 0.273 e. The molecule has 1 aliphatic heterocycles. The van der Waals surface area contributed by atoms with Gasteiger partial charge in [0.25, 0.3) is 17.7 Å². The van der Waals surface area contributed by atoms with E-state index < -0.39 is 17.7 Å². The Kier molecular flexibility index (Phi) is 5.49. The van der Waals surface area contributed by atoms with E-state index in [9.17, 15) is 14.4 Å². The second-order valence-electron chi connectivity index (χ2n) is 7.60. The summed E-state index contributed by atoms with van der Waals surface area (Å²) in [7, 11) is 0. The molecule has 0 N–H and O–H groups in total. The minimum absolute atomic E-state index is 0.129. The van der Waals surface area contributed by atoms with Crippen molar-refractivity contribution in [2.75, 3.05) is 6.54 Å². The van der Waals surface area contributed by atoms with Crippen LogP contribution < -0.4 is 0 Å². The molecule has 8 heteroatoms. The molecule has 0 atom stereocenters. The molecule has 0 unspecified atom stereocenters. The predicted molar refractivity (Wildman–Crippen MR) is 129 cm³/mol. The molecule has 0 fully saturated rings. The Morgan fingerprint density at radius 3 is 2.03 bits per heavy atom. The normalized spacial score (nSPS) is 13.3. The van der Waals surface area contributed by atoms with Crippen molar-refractivity contribution in [3.8, 4) is 0 Å². The number of imide groups is 1. The van der Waals surface area contributed by atoms with Gasteiger partial charge in [-0.15, -0.1) is 0 Å². The zero-order valence-electron chi connectivity index (χ0n) is 17.0. The van der Waals surface area contributed by atoms with Gasteiger partial charge >= 0.3 is 0 Å². The number of nitrogens with zero attached hydrogens (tertiary/aromatic N) is 2. The molecule has 33 heavy (non-hydrogen) atoms. The van der Waals surface area contributed by atoms with Crippen LogP contribution in [0.3, 0.4) is 0 Å². The molecule has 2 heterocycles. The lowest BCUT2D eigenvalue weighted by molar-refractivity contribution is 0.0593. The molecule has 4 aromatic rings. The second-order valence-corrected chi connectivity index (χ2v) is 8.85. The summed E-state index contributed by atoms with van der Waals surface area (Å²) in [4.78, 5) is 41.6. The van der Waals surface area contributed by atoms with Gasteiger partial charge in [0.05, 0.1) is 26.7 Å². The number of benzene rings is 3. The van der Waals surface area contributed by atoms with E-state index in [0.717, 1.165) is 4.90 Å². The zero-order chi connectivity index (χ0) is 23.3. The number of carbonyl (C=O) groups is 3. The maximum Gasteiger partial charge on any atom is 0.278 e. The van der Waals surface area contributed by atoms with Gasteiger partial charge in [-0.1, -0.05) is 59.1 Å². The van der Waals surface area contributed by atoms with Gasteiger partial charge in [-0.25, -0.2) is 0 Å². The molecule has 0 saturated heterocycles. The molecular formula is C25H15Cl3N2O3. The van der Waals surface area contributed by atoms with E-state index >= 15 is 0 Å². The highest BCUT2D eigenvalue weighted by atomic mass is 35.5. The first-order valence-corrected chi connectivity index (χ1v) is 11.2. The second kappa shape index (κ2) is 8.34. The van der Waals surface area contributed by atoms with E-state index in [2.05, 4.69) is 0 Å².